The van der Waals surface area contributed by atoms with Crippen LogP contribution in [0.25, 0.3) is 0 Å². The third-order valence-electron chi connectivity index (χ3n) is 12.6. The van der Waals surface area contributed by atoms with Gasteiger partial charge in [0.15, 0.2) is 0 Å². The molecule has 0 aliphatic heterocycles. The van der Waals surface area contributed by atoms with E-state index in [-0.39, 0.29) is 17.9 Å². The number of terminal acetylenes is 1. The SMILES string of the molecule is C#CCCCCCC.CCCCCCC#Cc1ccc(C(=O)OC)c(C)c1.CCCCCCCCc1ccc(C(=O)O)c(C)c1.CCCCCCCCc1ccc(C(=O)OC)c(C)c1.COC(=O)c1ccc(Br)cc1C. The fourth-order valence-electron chi connectivity index (χ4n) is 8.07. The van der Waals surface area contributed by atoms with E-state index in [9.17, 15) is 19.2 Å². The van der Waals surface area contributed by atoms with Crippen LogP contribution in [-0.2, 0) is 27.1 Å². The van der Waals surface area contributed by atoms with E-state index in [4.69, 9.17) is 21.0 Å². The highest BCUT2D eigenvalue weighted by Gasteiger charge is 2.11. The first-order valence-electron chi connectivity index (χ1n) is 28.0. The molecule has 1 N–H and O–H groups in total. The third kappa shape index (κ3) is 32.7. The minimum Gasteiger partial charge on any atom is -0.478 e. The molecule has 418 valence electrons. The van der Waals surface area contributed by atoms with E-state index in [1.807, 2.05) is 76.2 Å². The summed E-state index contributed by atoms with van der Waals surface area (Å²) in [5.74, 6) is 7.29. The average molecular weight is 1110 g/mol. The maximum absolute atomic E-state index is 11.5. The number of rotatable bonds is 26. The van der Waals surface area contributed by atoms with Gasteiger partial charge in [0.2, 0.25) is 0 Å². The number of halogens is 1. The van der Waals surface area contributed by atoms with Crippen LogP contribution in [0.15, 0.2) is 77.3 Å². The van der Waals surface area contributed by atoms with Gasteiger partial charge in [-0.05, 0) is 148 Å². The lowest BCUT2D eigenvalue weighted by molar-refractivity contribution is 0.0591. The molecule has 0 saturated carbocycles. The van der Waals surface area contributed by atoms with Crippen molar-refractivity contribution in [1.82, 2.24) is 0 Å². The highest BCUT2D eigenvalue weighted by molar-refractivity contribution is 9.10. The average Bonchev–Trinajstić information content (AvgIpc) is 3.40. The second kappa shape index (κ2) is 45.5. The minimum atomic E-state index is -0.835. The fourth-order valence-corrected chi connectivity index (χ4v) is 8.54. The number of carbonyl (C=O) groups excluding carboxylic acids is 3. The molecular formula is C67H95BrO8. The number of carbonyl (C=O) groups is 4. The molecule has 0 saturated heterocycles. The lowest BCUT2D eigenvalue weighted by Crippen LogP contribution is -2.04. The Bertz CT molecular complexity index is 2360. The minimum absolute atomic E-state index is 0.247. The van der Waals surface area contributed by atoms with Crippen LogP contribution < -0.4 is 0 Å². The van der Waals surface area contributed by atoms with Gasteiger partial charge in [-0.3, -0.25) is 0 Å². The van der Waals surface area contributed by atoms with E-state index in [1.54, 1.807) is 18.2 Å². The Morgan fingerprint density at radius 3 is 1.20 bits per heavy atom. The van der Waals surface area contributed by atoms with Crippen molar-refractivity contribution in [3.63, 3.8) is 0 Å². The highest BCUT2D eigenvalue weighted by Crippen LogP contribution is 2.19. The number of benzene rings is 4. The predicted octanol–water partition coefficient (Wildman–Crippen LogP) is 18.5. The Labute approximate surface area is 469 Å². The Balaban J connectivity index is 0.000000951. The van der Waals surface area contributed by atoms with Crippen LogP contribution in [0.5, 0.6) is 0 Å². The normalized spacial score (nSPS) is 9.93. The third-order valence-corrected chi connectivity index (χ3v) is 13.1. The summed E-state index contributed by atoms with van der Waals surface area (Å²) in [5, 5.41) is 8.95. The molecule has 0 amide bonds. The topological polar surface area (TPSA) is 116 Å². The first-order chi connectivity index (χ1) is 36.6. The fraction of sp³-hybridized carbons (Fsp3) is 0.522. The summed E-state index contributed by atoms with van der Waals surface area (Å²) < 4.78 is 15.0. The van der Waals surface area contributed by atoms with Crippen molar-refractivity contribution in [2.24, 2.45) is 0 Å². The van der Waals surface area contributed by atoms with Crippen LogP contribution in [0.1, 0.15) is 249 Å². The molecule has 0 atom stereocenters. The van der Waals surface area contributed by atoms with E-state index in [0.717, 1.165) is 58.0 Å². The van der Waals surface area contributed by atoms with Gasteiger partial charge in [-0.1, -0.05) is 182 Å². The van der Waals surface area contributed by atoms with Crippen LogP contribution in [0, 0.1) is 51.9 Å². The summed E-state index contributed by atoms with van der Waals surface area (Å²) in [7, 11) is 4.20. The maximum atomic E-state index is 11.5. The van der Waals surface area contributed by atoms with Gasteiger partial charge in [0.05, 0.1) is 43.6 Å². The molecule has 0 heterocycles. The van der Waals surface area contributed by atoms with Gasteiger partial charge < -0.3 is 19.3 Å². The maximum Gasteiger partial charge on any atom is 0.338 e. The van der Waals surface area contributed by atoms with E-state index in [2.05, 4.69) is 72.2 Å². The van der Waals surface area contributed by atoms with Crippen LogP contribution in [0.3, 0.4) is 0 Å². The van der Waals surface area contributed by atoms with Gasteiger partial charge in [0.25, 0.3) is 0 Å². The summed E-state index contributed by atoms with van der Waals surface area (Å²) in [6, 6.07) is 22.8. The zero-order chi connectivity index (χ0) is 56.9. The smallest absolute Gasteiger partial charge is 0.338 e. The van der Waals surface area contributed by atoms with Crippen LogP contribution in [-0.4, -0.2) is 50.3 Å². The molecule has 4 aromatic rings. The molecule has 0 aromatic heterocycles. The predicted molar refractivity (Wildman–Crippen MR) is 321 cm³/mol. The molecule has 8 nitrogen and oxygen atoms in total. The number of carboxylic acid groups (broad SMARTS) is 1. The quantitative estimate of drug-likeness (QED) is 0.0286. The zero-order valence-electron chi connectivity index (χ0n) is 48.7. The molecule has 0 fully saturated rings. The molecule has 9 heteroatoms. The van der Waals surface area contributed by atoms with Crippen molar-refractivity contribution in [1.29, 1.82) is 0 Å². The number of aryl methyl sites for hydroxylation is 6. The van der Waals surface area contributed by atoms with Crippen molar-refractivity contribution in [3.8, 4) is 24.2 Å². The summed E-state index contributed by atoms with van der Waals surface area (Å²) in [4.78, 5) is 44.9. The number of unbranched alkanes of at least 4 members (excludes halogenated alkanes) is 18. The van der Waals surface area contributed by atoms with Gasteiger partial charge in [0, 0.05) is 22.9 Å². The number of aromatic carboxylic acids is 1. The van der Waals surface area contributed by atoms with Gasteiger partial charge in [-0.15, -0.1) is 12.3 Å². The molecule has 0 bridgehead atoms. The molecule has 0 unspecified atom stereocenters. The van der Waals surface area contributed by atoms with E-state index >= 15 is 0 Å². The molecule has 0 spiro atoms. The number of esters is 3. The summed E-state index contributed by atoms with van der Waals surface area (Å²) in [6.07, 6.45) is 34.9. The molecule has 0 aliphatic carbocycles. The number of hydrogen-bond acceptors (Lipinski definition) is 7. The Kier molecular flexibility index (Phi) is 42.2. The molecule has 0 radical (unpaired) electrons. The first-order valence-corrected chi connectivity index (χ1v) is 28.8. The first kappa shape index (κ1) is 70.4. The molecule has 0 aliphatic rings. The molecule has 76 heavy (non-hydrogen) atoms. The van der Waals surface area contributed by atoms with Crippen LogP contribution in [0.4, 0.5) is 0 Å². The number of carboxylic acids is 1. The number of hydrogen-bond donors (Lipinski definition) is 1. The lowest BCUT2D eigenvalue weighted by Gasteiger charge is -2.07. The Morgan fingerprint density at radius 1 is 0.461 bits per heavy atom. The van der Waals surface area contributed by atoms with Gasteiger partial charge in [-0.2, -0.15) is 0 Å². The number of methoxy groups -OCH3 is 3. The molecular weight excluding hydrogens is 1010 g/mol. The second-order valence-corrected chi connectivity index (χ2v) is 20.1. The van der Waals surface area contributed by atoms with Crippen molar-refractivity contribution < 1.29 is 38.5 Å². The summed E-state index contributed by atoms with van der Waals surface area (Å²) in [5.41, 5.74) is 9.55. The lowest BCUT2D eigenvalue weighted by atomic mass is 10.0. The summed E-state index contributed by atoms with van der Waals surface area (Å²) in [6.45, 7) is 16.5. The van der Waals surface area contributed by atoms with Crippen LogP contribution >= 0.6 is 15.9 Å². The van der Waals surface area contributed by atoms with E-state index in [1.165, 1.54) is 161 Å². The molecule has 4 aromatic carbocycles. The van der Waals surface area contributed by atoms with Crippen molar-refractivity contribution in [2.45, 2.75) is 209 Å². The Hall–Kier alpha value is -5.64. The van der Waals surface area contributed by atoms with Gasteiger partial charge in [0.1, 0.15) is 0 Å². The van der Waals surface area contributed by atoms with Gasteiger partial charge >= 0.3 is 23.9 Å². The zero-order valence-corrected chi connectivity index (χ0v) is 50.2. The van der Waals surface area contributed by atoms with Gasteiger partial charge in [-0.25, -0.2) is 19.2 Å². The largest absolute Gasteiger partial charge is 0.478 e. The highest BCUT2D eigenvalue weighted by atomic mass is 79.9. The Morgan fingerprint density at radius 2 is 0.816 bits per heavy atom. The van der Waals surface area contributed by atoms with Crippen molar-refractivity contribution in [3.05, 3.63) is 138 Å². The monoisotopic (exact) mass is 1110 g/mol. The van der Waals surface area contributed by atoms with E-state index in [0.29, 0.717) is 22.3 Å². The molecule has 4 rings (SSSR count). The number of ether oxygens (including phenoxy) is 3. The van der Waals surface area contributed by atoms with Crippen molar-refractivity contribution >= 4 is 39.8 Å². The van der Waals surface area contributed by atoms with E-state index < -0.39 is 5.97 Å². The summed E-state index contributed by atoms with van der Waals surface area (Å²) >= 11 is 3.32. The second-order valence-electron chi connectivity index (χ2n) is 19.2. The van der Waals surface area contributed by atoms with Crippen LogP contribution in [0.2, 0.25) is 0 Å². The standard InChI is InChI=1S/C17H26O2.C17H22O2.C16H24O2.C9H9BrO2.C8H14/c2*1-4-5-6-7-8-9-10-15-11-12-16(14(2)13-15)17(18)19-3;1-3-4-5-6-7-8-9-14-10-11-15(16(17)18)13(2)12-14;1-6-5-7(10)3-4-8(6)9(11)12-2;1-3-5-7-8-6-4-2/h11-13H,4-10H2,1-3H3;11-13H,4-8H2,1-3H3;10-12H,3-9H2,1-2H3,(H,17,18);3-5H,1-2H3;1H,4-8H2,2H3. The van der Waals surface area contributed by atoms with Crippen molar-refractivity contribution in [2.75, 3.05) is 21.3 Å².